The van der Waals surface area contributed by atoms with Crippen LogP contribution in [0.1, 0.15) is 41.0 Å². The molecule has 2 aromatic carbocycles. The van der Waals surface area contributed by atoms with Crippen LogP contribution in [-0.4, -0.2) is 60.1 Å². The van der Waals surface area contributed by atoms with Crippen molar-refractivity contribution in [3.63, 3.8) is 0 Å². The fourth-order valence-corrected chi connectivity index (χ4v) is 6.25. The van der Waals surface area contributed by atoms with Gasteiger partial charge in [0.2, 0.25) is 5.88 Å². The Morgan fingerprint density at radius 2 is 1.67 bits per heavy atom. The summed E-state index contributed by atoms with van der Waals surface area (Å²) in [7, 11) is 1.11. The largest absolute Gasteiger partial charge is 0.481 e. The van der Waals surface area contributed by atoms with Gasteiger partial charge in [-0.2, -0.15) is 13.2 Å². The number of rotatable bonds is 4. The molecule has 2 bridgehead atoms. The molecule has 1 aliphatic carbocycles. The molecular weight excluding hydrogens is 513 g/mol. The molecule has 39 heavy (non-hydrogen) atoms. The van der Waals surface area contributed by atoms with Crippen LogP contribution in [0.15, 0.2) is 60.8 Å². The van der Waals surface area contributed by atoms with Crippen molar-refractivity contribution >= 4 is 6.09 Å². The number of morpholine rings is 1. The number of carbonyl (C=O) groups excluding carboxylic acids is 1. The van der Waals surface area contributed by atoms with E-state index in [-0.39, 0.29) is 44.1 Å². The second-order valence-electron chi connectivity index (χ2n) is 10.3. The lowest BCUT2D eigenvalue weighted by atomic mass is 9.77. The van der Waals surface area contributed by atoms with Gasteiger partial charge in [0.1, 0.15) is 12.2 Å². The highest BCUT2D eigenvalue weighted by Crippen LogP contribution is 2.46. The van der Waals surface area contributed by atoms with Crippen LogP contribution in [0.3, 0.4) is 0 Å². The zero-order valence-electron chi connectivity index (χ0n) is 21.1. The first-order valence-electron chi connectivity index (χ1n) is 12.7. The third-order valence-electron chi connectivity index (χ3n) is 7.99. The molecule has 10 heteroatoms. The molecule has 3 aromatic rings. The molecule has 1 amide bonds. The highest BCUT2D eigenvalue weighted by molar-refractivity contribution is 5.79. The zero-order chi connectivity index (χ0) is 27.4. The van der Waals surface area contributed by atoms with Gasteiger partial charge in [0.25, 0.3) is 0 Å². The Labute approximate surface area is 223 Å². The number of alkyl halides is 3. The standard InChI is InChI=1S/C29H27F3N2O5/c1-37-26-25(29(30,31)32)10-17(13-33-26)28(36)11-18-14-38-15-19(12-28)34(18)27(35)39-16-24-22-8-4-2-6-20(22)21-7-3-5-9-23(21)24/h2-10,13,18-19,24,36H,11-12,14-16H2,1H3. The third kappa shape index (κ3) is 4.41. The molecule has 6 rings (SSSR count). The quantitative estimate of drug-likeness (QED) is 0.496. The molecule has 2 fully saturated rings. The number of nitrogens with zero attached hydrogens (tertiary/aromatic N) is 2. The third-order valence-corrected chi connectivity index (χ3v) is 7.99. The van der Waals surface area contributed by atoms with Crippen molar-refractivity contribution in [2.45, 2.75) is 42.6 Å². The van der Waals surface area contributed by atoms with E-state index >= 15 is 0 Å². The number of methoxy groups -OCH3 is 1. The summed E-state index contributed by atoms with van der Waals surface area (Å²) in [6.07, 6.45) is -4.06. The van der Waals surface area contributed by atoms with Gasteiger partial charge in [0, 0.05) is 30.5 Å². The van der Waals surface area contributed by atoms with Crippen molar-refractivity contribution in [3.8, 4) is 17.0 Å². The molecule has 3 aliphatic rings. The number of pyridine rings is 1. The molecule has 2 aliphatic heterocycles. The summed E-state index contributed by atoms with van der Waals surface area (Å²) >= 11 is 0. The Morgan fingerprint density at radius 3 is 2.23 bits per heavy atom. The maximum atomic E-state index is 13.6. The SMILES string of the molecule is COc1ncc(C2(O)CC3COCC(C2)N3C(=O)OCC2c3ccccc3-c3ccccc32)cc1C(F)(F)F. The molecule has 7 nitrogen and oxygen atoms in total. The van der Waals surface area contributed by atoms with Gasteiger partial charge in [0.15, 0.2) is 0 Å². The van der Waals surface area contributed by atoms with E-state index in [1.807, 2.05) is 36.4 Å². The molecule has 2 unspecified atom stereocenters. The van der Waals surface area contributed by atoms with Gasteiger partial charge in [-0.3, -0.25) is 4.90 Å². The van der Waals surface area contributed by atoms with Crippen molar-refractivity contribution in [3.05, 3.63) is 83.0 Å². The first-order chi connectivity index (χ1) is 18.7. The number of piperidine rings is 1. The minimum Gasteiger partial charge on any atom is -0.481 e. The topological polar surface area (TPSA) is 81.1 Å². The van der Waals surface area contributed by atoms with Crippen LogP contribution in [0, 0.1) is 0 Å². The summed E-state index contributed by atoms with van der Waals surface area (Å²) in [6.45, 7) is 0.419. The normalized spacial score (nSPS) is 24.2. The van der Waals surface area contributed by atoms with Gasteiger partial charge < -0.3 is 19.3 Å². The van der Waals surface area contributed by atoms with E-state index in [1.165, 1.54) is 6.20 Å². The van der Waals surface area contributed by atoms with Crippen molar-refractivity contribution in [2.24, 2.45) is 0 Å². The average Bonchev–Trinajstić information content (AvgIpc) is 3.24. The Bertz CT molecular complexity index is 1350. The molecule has 2 saturated heterocycles. The van der Waals surface area contributed by atoms with Crippen LogP contribution in [0.5, 0.6) is 5.88 Å². The molecule has 1 N–H and O–H groups in total. The van der Waals surface area contributed by atoms with E-state index in [0.717, 1.165) is 35.4 Å². The van der Waals surface area contributed by atoms with Gasteiger partial charge in [-0.05, 0) is 28.3 Å². The highest BCUT2D eigenvalue weighted by Gasteiger charge is 2.50. The minimum absolute atomic E-state index is 0.0149. The smallest absolute Gasteiger partial charge is 0.421 e. The average molecular weight is 541 g/mol. The first kappa shape index (κ1) is 25.6. The van der Waals surface area contributed by atoms with Crippen LogP contribution in [-0.2, 0) is 21.3 Å². The molecule has 0 radical (unpaired) electrons. The second-order valence-corrected chi connectivity index (χ2v) is 10.3. The lowest BCUT2D eigenvalue weighted by molar-refractivity contribution is -0.141. The summed E-state index contributed by atoms with van der Waals surface area (Å²) in [6, 6.07) is 15.8. The van der Waals surface area contributed by atoms with Gasteiger partial charge in [-0.25, -0.2) is 9.78 Å². The first-order valence-corrected chi connectivity index (χ1v) is 12.7. The number of fused-ring (bicyclic) bond motifs is 5. The monoisotopic (exact) mass is 540 g/mol. The predicted octanol–water partition coefficient (Wildman–Crippen LogP) is 5.11. The number of benzene rings is 2. The van der Waals surface area contributed by atoms with Gasteiger partial charge in [-0.15, -0.1) is 0 Å². The minimum atomic E-state index is -4.70. The predicted molar refractivity (Wildman–Crippen MR) is 134 cm³/mol. The maximum Gasteiger partial charge on any atom is 0.421 e. The number of halogens is 3. The molecule has 0 spiro atoms. The van der Waals surface area contributed by atoms with E-state index in [0.29, 0.717) is 0 Å². The van der Waals surface area contributed by atoms with E-state index in [1.54, 1.807) is 4.90 Å². The lowest BCUT2D eigenvalue weighted by Gasteiger charge is -2.51. The number of carbonyl (C=O) groups is 1. The van der Waals surface area contributed by atoms with Gasteiger partial charge >= 0.3 is 12.3 Å². The molecule has 3 heterocycles. The van der Waals surface area contributed by atoms with Crippen LogP contribution in [0.25, 0.3) is 11.1 Å². The number of aromatic nitrogens is 1. The van der Waals surface area contributed by atoms with Gasteiger partial charge in [-0.1, -0.05) is 48.5 Å². The molecule has 1 aromatic heterocycles. The van der Waals surface area contributed by atoms with Crippen molar-refractivity contribution in [1.29, 1.82) is 0 Å². The number of hydrogen-bond donors (Lipinski definition) is 1. The van der Waals surface area contributed by atoms with Gasteiger partial charge in [0.05, 0.1) is 38.0 Å². The fraction of sp³-hybridized carbons (Fsp3) is 0.379. The van der Waals surface area contributed by atoms with E-state index in [9.17, 15) is 23.1 Å². The molecule has 0 saturated carbocycles. The number of ether oxygens (including phenoxy) is 3. The molecular formula is C29H27F3N2O5. The second kappa shape index (κ2) is 9.53. The van der Waals surface area contributed by atoms with Crippen molar-refractivity contribution in [1.82, 2.24) is 9.88 Å². The Morgan fingerprint density at radius 1 is 1.08 bits per heavy atom. The Hall–Kier alpha value is -3.63. The highest BCUT2D eigenvalue weighted by atomic mass is 19.4. The lowest BCUT2D eigenvalue weighted by Crippen LogP contribution is -2.62. The Kier molecular flexibility index (Phi) is 6.27. The van der Waals surface area contributed by atoms with Crippen LogP contribution < -0.4 is 4.74 Å². The Balaban J connectivity index is 1.21. The number of aliphatic hydroxyl groups is 1. The zero-order valence-corrected chi connectivity index (χ0v) is 21.1. The summed E-state index contributed by atoms with van der Waals surface area (Å²) < 4.78 is 57.1. The summed E-state index contributed by atoms with van der Waals surface area (Å²) in [5.41, 5.74) is 1.77. The summed E-state index contributed by atoms with van der Waals surface area (Å²) in [5, 5.41) is 11.5. The molecule has 204 valence electrons. The van der Waals surface area contributed by atoms with Crippen LogP contribution >= 0.6 is 0 Å². The van der Waals surface area contributed by atoms with E-state index in [2.05, 4.69) is 17.1 Å². The maximum absolute atomic E-state index is 13.6. The van der Waals surface area contributed by atoms with Crippen molar-refractivity contribution in [2.75, 3.05) is 26.9 Å². The van der Waals surface area contributed by atoms with Crippen LogP contribution in [0.4, 0.5) is 18.0 Å². The summed E-state index contributed by atoms with van der Waals surface area (Å²) in [5.74, 6) is -0.667. The van der Waals surface area contributed by atoms with E-state index in [4.69, 9.17) is 14.2 Å². The van der Waals surface area contributed by atoms with E-state index < -0.39 is 41.4 Å². The summed E-state index contributed by atoms with van der Waals surface area (Å²) in [4.78, 5) is 18.8. The fourth-order valence-electron chi connectivity index (χ4n) is 6.25. The number of amides is 1. The van der Waals surface area contributed by atoms with Crippen LogP contribution in [0.2, 0.25) is 0 Å². The molecule has 2 atom stereocenters. The number of hydrogen-bond acceptors (Lipinski definition) is 6. The van der Waals surface area contributed by atoms with Crippen molar-refractivity contribution < 1.29 is 37.3 Å².